The molecule has 0 aromatic heterocycles. The maximum Gasteiger partial charge on any atom is 0.335 e. The van der Waals surface area contributed by atoms with Crippen LogP contribution in [0.5, 0.6) is 0 Å². The van der Waals surface area contributed by atoms with Gasteiger partial charge in [0.05, 0.1) is 5.56 Å². The molecule has 0 fully saturated rings. The largest absolute Gasteiger partial charge is 0.478 e. The van der Waals surface area contributed by atoms with E-state index in [4.69, 9.17) is 0 Å². The second kappa shape index (κ2) is 4.25. The van der Waals surface area contributed by atoms with Crippen molar-refractivity contribution in [3.8, 4) is 11.1 Å². The molecule has 0 radical (unpaired) electrons. The van der Waals surface area contributed by atoms with Gasteiger partial charge >= 0.3 is 5.97 Å². The smallest absolute Gasteiger partial charge is 0.335 e. The molecule has 0 unspecified atom stereocenters. The maximum absolute atomic E-state index is 11.2. The molecule has 0 amide bonds. The van der Waals surface area contributed by atoms with Crippen LogP contribution in [0.25, 0.3) is 11.1 Å². The van der Waals surface area contributed by atoms with Crippen LogP contribution < -0.4 is 0 Å². The second-order valence-electron chi connectivity index (χ2n) is 4.44. The van der Waals surface area contributed by atoms with Crippen molar-refractivity contribution in [2.75, 3.05) is 0 Å². The van der Waals surface area contributed by atoms with Gasteiger partial charge in [0.2, 0.25) is 0 Å². The summed E-state index contributed by atoms with van der Waals surface area (Å²) in [6, 6.07) is 11.7. The molecular weight excluding hydrogens is 292 g/mol. The van der Waals surface area contributed by atoms with Crippen molar-refractivity contribution in [3.63, 3.8) is 0 Å². The summed E-state index contributed by atoms with van der Waals surface area (Å²) in [5, 5.41) is 9.23. The van der Waals surface area contributed by atoms with Gasteiger partial charge in [-0.2, -0.15) is 0 Å². The van der Waals surface area contributed by atoms with Crippen LogP contribution in [-0.2, 0) is 12.8 Å². The number of aromatic carboxylic acids is 1. The Kier molecular flexibility index (Phi) is 2.71. The van der Waals surface area contributed by atoms with E-state index >= 15 is 0 Å². The molecule has 3 rings (SSSR count). The Balaban J connectivity index is 2.25. The van der Waals surface area contributed by atoms with E-state index in [9.17, 15) is 9.90 Å². The average Bonchev–Trinajstić information content (AvgIpc) is 2.37. The van der Waals surface area contributed by atoms with Gasteiger partial charge in [-0.25, -0.2) is 4.79 Å². The van der Waals surface area contributed by atoms with Gasteiger partial charge in [-0.1, -0.05) is 34.1 Å². The fraction of sp³-hybridized carbons (Fsp3) is 0.133. The van der Waals surface area contributed by atoms with Crippen LogP contribution in [0.3, 0.4) is 0 Å². The number of carboxylic acids is 1. The Labute approximate surface area is 113 Å². The van der Waals surface area contributed by atoms with E-state index in [0.29, 0.717) is 5.56 Å². The van der Waals surface area contributed by atoms with Crippen molar-refractivity contribution in [2.24, 2.45) is 0 Å². The summed E-state index contributed by atoms with van der Waals surface area (Å²) in [4.78, 5) is 11.2. The molecule has 2 aromatic carbocycles. The number of carbonyl (C=O) groups is 1. The lowest BCUT2D eigenvalue weighted by molar-refractivity contribution is 0.0695. The lowest BCUT2D eigenvalue weighted by Crippen LogP contribution is -2.10. The van der Waals surface area contributed by atoms with Gasteiger partial charge in [-0.15, -0.1) is 0 Å². The van der Waals surface area contributed by atoms with Crippen molar-refractivity contribution in [1.29, 1.82) is 0 Å². The molecule has 1 aliphatic rings. The molecule has 0 aliphatic heterocycles. The van der Waals surface area contributed by atoms with Crippen LogP contribution >= 0.6 is 15.9 Å². The first kappa shape index (κ1) is 11.5. The first-order chi connectivity index (χ1) is 8.66. The van der Waals surface area contributed by atoms with Crippen LogP contribution in [0.4, 0.5) is 0 Å². The minimum atomic E-state index is -0.840. The molecule has 0 spiro atoms. The number of carboxylic acid groups (broad SMARTS) is 1. The van der Waals surface area contributed by atoms with Gasteiger partial charge in [0.15, 0.2) is 0 Å². The lowest BCUT2D eigenvalue weighted by atomic mass is 9.83. The van der Waals surface area contributed by atoms with Crippen molar-refractivity contribution in [1.82, 2.24) is 0 Å². The average molecular weight is 303 g/mol. The first-order valence-electron chi connectivity index (χ1n) is 5.81. The molecule has 0 heterocycles. The summed E-state index contributed by atoms with van der Waals surface area (Å²) < 4.78 is 1.07. The topological polar surface area (TPSA) is 37.3 Å². The van der Waals surface area contributed by atoms with Crippen molar-refractivity contribution in [2.45, 2.75) is 12.8 Å². The van der Waals surface area contributed by atoms with E-state index in [2.05, 4.69) is 28.1 Å². The Bertz CT molecular complexity index is 647. The highest BCUT2D eigenvalue weighted by Crippen LogP contribution is 2.36. The predicted molar refractivity (Wildman–Crippen MR) is 73.9 cm³/mol. The van der Waals surface area contributed by atoms with Gasteiger partial charge in [-0.3, -0.25) is 0 Å². The highest BCUT2D eigenvalue weighted by Gasteiger charge is 2.20. The van der Waals surface area contributed by atoms with Crippen molar-refractivity contribution in [3.05, 3.63) is 57.6 Å². The van der Waals surface area contributed by atoms with E-state index in [1.165, 1.54) is 5.56 Å². The lowest BCUT2D eigenvalue weighted by Gasteiger charge is -2.21. The van der Waals surface area contributed by atoms with Gasteiger partial charge < -0.3 is 5.11 Å². The molecule has 0 bridgehead atoms. The van der Waals surface area contributed by atoms with Crippen molar-refractivity contribution < 1.29 is 9.90 Å². The predicted octanol–water partition coefficient (Wildman–Crippen LogP) is 3.91. The minimum Gasteiger partial charge on any atom is -0.478 e. The number of halogens is 1. The summed E-state index contributed by atoms with van der Waals surface area (Å²) in [5.74, 6) is -0.840. The van der Waals surface area contributed by atoms with Crippen LogP contribution in [0.2, 0.25) is 0 Å². The standard InChI is InChI=1S/C15H11BrO2/c16-10-5-7-11-9(8-10)4-6-13-12(11)2-1-3-14(13)15(17)18/h1-3,5,7-8H,4,6H2,(H,17,18). The third-order valence-electron chi connectivity index (χ3n) is 3.41. The van der Waals surface area contributed by atoms with E-state index in [0.717, 1.165) is 34.0 Å². The fourth-order valence-electron chi connectivity index (χ4n) is 2.60. The number of fused-ring (bicyclic) bond motifs is 3. The Morgan fingerprint density at radius 1 is 1.11 bits per heavy atom. The first-order valence-corrected chi connectivity index (χ1v) is 6.60. The molecule has 0 saturated heterocycles. The van der Waals surface area contributed by atoms with Crippen LogP contribution in [0.1, 0.15) is 21.5 Å². The zero-order chi connectivity index (χ0) is 12.7. The third-order valence-corrected chi connectivity index (χ3v) is 3.90. The molecule has 1 aliphatic carbocycles. The molecule has 2 aromatic rings. The molecule has 0 saturated carbocycles. The summed E-state index contributed by atoms with van der Waals surface area (Å²) in [6.07, 6.45) is 1.69. The quantitative estimate of drug-likeness (QED) is 0.867. The van der Waals surface area contributed by atoms with Crippen molar-refractivity contribution >= 4 is 21.9 Å². The highest BCUT2D eigenvalue weighted by molar-refractivity contribution is 9.10. The summed E-state index contributed by atoms with van der Waals surface area (Å²) in [7, 11) is 0. The van der Waals surface area contributed by atoms with E-state index in [1.807, 2.05) is 18.2 Å². The fourth-order valence-corrected chi connectivity index (χ4v) is 3.01. The van der Waals surface area contributed by atoms with E-state index in [-0.39, 0.29) is 0 Å². The van der Waals surface area contributed by atoms with Gasteiger partial charge in [0, 0.05) is 4.47 Å². The van der Waals surface area contributed by atoms with Crippen LogP contribution in [0, 0.1) is 0 Å². The zero-order valence-electron chi connectivity index (χ0n) is 9.61. The molecule has 90 valence electrons. The Hall–Kier alpha value is -1.61. The number of aryl methyl sites for hydroxylation is 1. The van der Waals surface area contributed by atoms with Crippen LogP contribution in [-0.4, -0.2) is 11.1 Å². The number of rotatable bonds is 1. The van der Waals surface area contributed by atoms with Crippen LogP contribution in [0.15, 0.2) is 40.9 Å². The summed E-state index contributed by atoms with van der Waals surface area (Å²) in [5.41, 5.74) is 4.88. The third kappa shape index (κ3) is 1.75. The molecule has 2 nitrogen and oxygen atoms in total. The van der Waals surface area contributed by atoms with Gasteiger partial charge in [-0.05, 0) is 53.3 Å². The SMILES string of the molecule is O=C(O)c1cccc2c1CCc1cc(Br)ccc1-2. The van der Waals surface area contributed by atoms with Gasteiger partial charge in [0.25, 0.3) is 0 Å². The summed E-state index contributed by atoms with van der Waals surface area (Å²) in [6.45, 7) is 0. The number of benzene rings is 2. The number of hydrogen-bond acceptors (Lipinski definition) is 1. The maximum atomic E-state index is 11.2. The second-order valence-corrected chi connectivity index (χ2v) is 5.35. The molecular formula is C15H11BrO2. The monoisotopic (exact) mass is 302 g/mol. The zero-order valence-corrected chi connectivity index (χ0v) is 11.2. The van der Waals surface area contributed by atoms with E-state index < -0.39 is 5.97 Å². The highest BCUT2D eigenvalue weighted by atomic mass is 79.9. The summed E-state index contributed by atoms with van der Waals surface area (Å²) >= 11 is 3.47. The molecule has 18 heavy (non-hydrogen) atoms. The molecule has 3 heteroatoms. The Morgan fingerprint density at radius 3 is 2.72 bits per heavy atom. The van der Waals surface area contributed by atoms with Gasteiger partial charge in [0.1, 0.15) is 0 Å². The normalized spacial score (nSPS) is 12.7. The number of hydrogen-bond donors (Lipinski definition) is 1. The Morgan fingerprint density at radius 2 is 1.94 bits per heavy atom. The molecule has 1 N–H and O–H groups in total. The minimum absolute atomic E-state index is 0.432. The molecule has 0 atom stereocenters. The van der Waals surface area contributed by atoms with E-state index in [1.54, 1.807) is 6.07 Å².